The molecule has 0 aromatic carbocycles. The van der Waals surface area contributed by atoms with E-state index in [2.05, 4.69) is 11.6 Å². The fourth-order valence-corrected chi connectivity index (χ4v) is 0.738. The minimum atomic E-state index is 0.00634. The lowest BCUT2D eigenvalue weighted by Crippen LogP contribution is -1.79. The summed E-state index contributed by atoms with van der Waals surface area (Å²) in [6, 6.07) is 0.00634. The average Bonchev–Trinajstić information content (AvgIpc) is 2.30. The highest BCUT2D eigenvalue weighted by atomic mass is 16.3. The molecule has 1 aromatic heterocycles. The van der Waals surface area contributed by atoms with Crippen molar-refractivity contribution in [1.29, 1.82) is 0 Å². The molecular formula is C7H10N2O. The van der Waals surface area contributed by atoms with Gasteiger partial charge in [0.15, 0.2) is 0 Å². The summed E-state index contributed by atoms with van der Waals surface area (Å²) in [5.74, 6) is 0. The Morgan fingerprint density at radius 1 is 1.90 bits per heavy atom. The summed E-state index contributed by atoms with van der Waals surface area (Å²) in [6.07, 6.45) is 4.10. The standard InChI is InChI=1S/C7H10N2O/c1-3-6-5-9(4-2)7(10)8-6/h4-5H,2-3H2,1H3,(H,8,10). The van der Waals surface area contributed by atoms with E-state index in [0.717, 1.165) is 12.1 Å². The van der Waals surface area contributed by atoms with Gasteiger partial charge in [0.05, 0.1) is 5.69 Å². The third-order valence-corrected chi connectivity index (χ3v) is 1.32. The lowest BCUT2D eigenvalue weighted by Gasteiger charge is -1.88. The number of rotatable bonds is 2. The average molecular weight is 138 g/mol. The Morgan fingerprint density at radius 3 is 2.90 bits per heavy atom. The molecule has 0 aliphatic rings. The second-order valence-electron chi connectivity index (χ2n) is 1.98. The van der Waals surface area contributed by atoms with E-state index < -0.39 is 0 Å². The molecule has 0 unspecified atom stereocenters. The second kappa shape index (κ2) is 2.56. The number of aromatic nitrogens is 2. The molecule has 3 heteroatoms. The molecular weight excluding hydrogens is 128 g/mol. The molecule has 1 aromatic rings. The summed E-state index contributed by atoms with van der Waals surface area (Å²) in [5.41, 5.74) is 0.873. The zero-order chi connectivity index (χ0) is 7.56. The smallest absolute Gasteiger partial charge is 0.298 e. The number of imidazole rings is 1. The predicted octanol–water partition coefficient (Wildman–Crippen LogP) is 1.25. The summed E-state index contributed by atoms with van der Waals surface area (Å²) in [7, 11) is 0. The van der Waals surface area contributed by atoms with E-state index in [9.17, 15) is 0 Å². The van der Waals surface area contributed by atoms with Crippen molar-refractivity contribution in [2.45, 2.75) is 13.3 Å². The molecule has 0 saturated heterocycles. The maximum absolute atomic E-state index is 9.04. The zero-order valence-corrected chi connectivity index (χ0v) is 5.91. The number of aryl methyl sites for hydroxylation is 1. The van der Waals surface area contributed by atoms with Gasteiger partial charge in [-0.3, -0.25) is 4.57 Å². The molecule has 0 saturated carbocycles. The number of aromatic hydroxyl groups is 1. The number of nitrogens with zero attached hydrogens (tertiary/aromatic N) is 2. The Morgan fingerprint density at radius 2 is 2.60 bits per heavy atom. The van der Waals surface area contributed by atoms with E-state index >= 15 is 0 Å². The molecule has 0 radical (unpaired) electrons. The van der Waals surface area contributed by atoms with Crippen molar-refractivity contribution in [2.75, 3.05) is 0 Å². The third kappa shape index (κ3) is 1.03. The summed E-state index contributed by atoms with van der Waals surface area (Å²) < 4.78 is 1.48. The van der Waals surface area contributed by atoms with Gasteiger partial charge in [-0.2, -0.15) is 0 Å². The van der Waals surface area contributed by atoms with Crippen molar-refractivity contribution >= 4 is 6.20 Å². The molecule has 0 aliphatic carbocycles. The van der Waals surface area contributed by atoms with E-state index in [1.807, 2.05) is 6.92 Å². The first-order valence-corrected chi connectivity index (χ1v) is 3.17. The molecule has 1 heterocycles. The van der Waals surface area contributed by atoms with Gasteiger partial charge < -0.3 is 5.11 Å². The number of hydrogen-bond acceptors (Lipinski definition) is 2. The van der Waals surface area contributed by atoms with Crippen molar-refractivity contribution < 1.29 is 5.11 Å². The van der Waals surface area contributed by atoms with Gasteiger partial charge in [0, 0.05) is 12.4 Å². The third-order valence-electron chi connectivity index (χ3n) is 1.32. The molecule has 3 nitrogen and oxygen atoms in total. The number of hydrogen-bond donors (Lipinski definition) is 1. The summed E-state index contributed by atoms with van der Waals surface area (Å²) >= 11 is 0. The van der Waals surface area contributed by atoms with Crippen molar-refractivity contribution in [2.24, 2.45) is 0 Å². The molecule has 0 aliphatic heterocycles. The van der Waals surface area contributed by atoms with Gasteiger partial charge in [-0.05, 0) is 6.42 Å². The predicted molar refractivity (Wildman–Crippen MR) is 39.7 cm³/mol. The van der Waals surface area contributed by atoms with Crippen LogP contribution in [0.15, 0.2) is 12.8 Å². The van der Waals surface area contributed by atoms with E-state index in [1.54, 1.807) is 6.20 Å². The highest BCUT2D eigenvalue weighted by Gasteiger charge is 1.99. The van der Waals surface area contributed by atoms with Crippen LogP contribution in [-0.2, 0) is 6.42 Å². The largest absolute Gasteiger partial charge is 0.480 e. The Bertz CT molecular complexity index is 240. The normalized spacial score (nSPS) is 9.70. The fourth-order valence-electron chi connectivity index (χ4n) is 0.738. The van der Waals surface area contributed by atoms with Gasteiger partial charge >= 0.3 is 0 Å². The van der Waals surface area contributed by atoms with E-state index in [1.165, 1.54) is 10.8 Å². The van der Waals surface area contributed by atoms with Gasteiger partial charge in [-0.15, -0.1) is 0 Å². The molecule has 0 atom stereocenters. The molecule has 1 rings (SSSR count). The lowest BCUT2D eigenvalue weighted by molar-refractivity contribution is 0.425. The maximum Gasteiger partial charge on any atom is 0.298 e. The Hall–Kier alpha value is -1.25. The van der Waals surface area contributed by atoms with Crippen LogP contribution in [-0.4, -0.2) is 14.7 Å². The van der Waals surface area contributed by atoms with Crippen LogP contribution in [0.5, 0.6) is 6.01 Å². The first-order valence-electron chi connectivity index (χ1n) is 3.17. The van der Waals surface area contributed by atoms with Gasteiger partial charge in [0.25, 0.3) is 6.01 Å². The Balaban J connectivity index is 3.03. The van der Waals surface area contributed by atoms with E-state index in [-0.39, 0.29) is 6.01 Å². The molecule has 0 spiro atoms. The van der Waals surface area contributed by atoms with E-state index in [4.69, 9.17) is 5.11 Å². The molecule has 0 amide bonds. The minimum Gasteiger partial charge on any atom is -0.480 e. The van der Waals surface area contributed by atoms with Gasteiger partial charge in [0.2, 0.25) is 0 Å². The molecule has 0 bridgehead atoms. The topological polar surface area (TPSA) is 38.0 Å². The summed E-state index contributed by atoms with van der Waals surface area (Å²) in [6.45, 7) is 5.48. The minimum absolute atomic E-state index is 0.00634. The van der Waals surface area contributed by atoms with Crippen LogP contribution in [0.3, 0.4) is 0 Å². The van der Waals surface area contributed by atoms with Gasteiger partial charge in [-0.25, -0.2) is 4.98 Å². The summed E-state index contributed by atoms with van der Waals surface area (Å²) in [4.78, 5) is 3.85. The Kier molecular flexibility index (Phi) is 1.76. The first kappa shape index (κ1) is 6.86. The highest BCUT2D eigenvalue weighted by molar-refractivity contribution is 5.24. The van der Waals surface area contributed by atoms with Crippen LogP contribution in [0.4, 0.5) is 0 Å². The molecule has 10 heavy (non-hydrogen) atoms. The lowest BCUT2D eigenvalue weighted by atomic mass is 10.4. The van der Waals surface area contributed by atoms with Crippen molar-refractivity contribution in [3.63, 3.8) is 0 Å². The van der Waals surface area contributed by atoms with Gasteiger partial charge in [-0.1, -0.05) is 13.5 Å². The van der Waals surface area contributed by atoms with Crippen molar-refractivity contribution in [3.8, 4) is 6.01 Å². The maximum atomic E-state index is 9.04. The van der Waals surface area contributed by atoms with E-state index in [0.29, 0.717) is 0 Å². The highest BCUT2D eigenvalue weighted by Crippen LogP contribution is 2.09. The van der Waals surface area contributed by atoms with Crippen LogP contribution in [0.2, 0.25) is 0 Å². The van der Waals surface area contributed by atoms with Crippen LogP contribution in [0.25, 0.3) is 6.20 Å². The van der Waals surface area contributed by atoms with Crippen LogP contribution in [0, 0.1) is 0 Å². The van der Waals surface area contributed by atoms with Crippen LogP contribution in [0.1, 0.15) is 12.6 Å². The van der Waals surface area contributed by atoms with Crippen LogP contribution < -0.4 is 0 Å². The monoisotopic (exact) mass is 138 g/mol. The first-order chi connectivity index (χ1) is 4.77. The van der Waals surface area contributed by atoms with Crippen molar-refractivity contribution in [1.82, 2.24) is 9.55 Å². The Labute approximate surface area is 59.6 Å². The zero-order valence-electron chi connectivity index (χ0n) is 5.91. The van der Waals surface area contributed by atoms with Crippen molar-refractivity contribution in [3.05, 3.63) is 18.5 Å². The summed E-state index contributed by atoms with van der Waals surface area (Å²) in [5, 5.41) is 9.04. The van der Waals surface area contributed by atoms with Crippen LogP contribution >= 0.6 is 0 Å². The SMILES string of the molecule is C=Cn1cc(CC)nc1O. The quantitative estimate of drug-likeness (QED) is 0.667. The fraction of sp³-hybridized carbons (Fsp3) is 0.286. The molecule has 1 N–H and O–H groups in total. The molecule has 54 valence electrons. The second-order valence-corrected chi connectivity index (χ2v) is 1.98. The molecule has 0 fully saturated rings. The van der Waals surface area contributed by atoms with Gasteiger partial charge in [0.1, 0.15) is 0 Å².